The second-order valence-corrected chi connectivity index (χ2v) is 5.94. The van der Waals surface area contributed by atoms with E-state index in [-0.39, 0.29) is 12.4 Å². The molecule has 1 heterocycles. The van der Waals surface area contributed by atoms with Gasteiger partial charge in [-0.3, -0.25) is 5.10 Å². The second-order valence-electron chi connectivity index (χ2n) is 4.99. The maximum atomic E-state index is 14.5. The van der Waals surface area contributed by atoms with Crippen molar-refractivity contribution in [2.75, 3.05) is 0 Å². The fourth-order valence-electron chi connectivity index (χ4n) is 2.17. The molecule has 1 N–H and O–H groups in total. The van der Waals surface area contributed by atoms with Gasteiger partial charge >= 0.3 is 10.5 Å². The zero-order chi connectivity index (χ0) is 17.9. The lowest BCUT2D eigenvalue weighted by atomic mass is 10.1. The molecule has 1 aromatic heterocycles. The van der Waals surface area contributed by atoms with Crippen molar-refractivity contribution in [2.45, 2.75) is 6.61 Å². The van der Waals surface area contributed by atoms with Gasteiger partial charge in [-0.2, -0.15) is 13.5 Å². The van der Waals surface area contributed by atoms with Crippen LogP contribution < -0.4 is 8.92 Å². The maximum Gasteiger partial charge on any atom is 0.488 e. The van der Waals surface area contributed by atoms with Crippen LogP contribution >= 0.6 is 0 Å². The van der Waals surface area contributed by atoms with E-state index in [2.05, 4.69) is 14.4 Å². The van der Waals surface area contributed by atoms with Crippen LogP contribution in [0.4, 0.5) is 8.28 Å². The molecule has 0 unspecified atom stereocenters. The maximum absolute atomic E-state index is 14.5. The summed E-state index contributed by atoms with van der Waals surface area (Å²) in [6.45, 7) is -0.0462. The number of H-pyrrole nitrogens is 1. The monoisotopic (exact) mass is 366 g/mol. The van der Waals surface area contributed by atoms with Crippen LogP contribution in [0.1, 0.15) is 5.56 Å². The first-order valence-corrected chi connectivity index (χ1v) is 8.37. The minimum atomic E-state index is -5.08. The molecule has 25 heavy (non-hydrogen) atoms. The molecule has 130 valence electrons. The van der Waals surface area contributed by atoms with Gasteiger partial charge in [0.1, 0.15) is 23.9 Å². The number of benzene rings is 2. The summed E-state index contributed by atoms with van der Waals surface area (Å²) in [5.41, 5.74) is 1.25. The van der Waals surface area contributed by atoms with E-state index in [9.17, 15) is 16.7 Å². The lowest BCUT2D eigenvalue weighted by molar-refractivity contribution is 0.299. The lowest BCUT2D eigenvalue weighted by Gasteiger charge is -2.10. The normalized spacial score (nSPS) is 11.3. The Balaban J connectivity index is 1.71. The highest BCUT2D eigenvalue weighted by Crippen LogP contribution is 2.25. The van der Waals surface area contributed by atoms with E-state index in [1.54, 1.807) is 24.3 Å². The van der Waals surface area contributed by atoms with E-state index in [0.717, 1.165) is 0 Å². The van der Waals surface area contributed by atoms with E-state index in [1.807, 2.05) is 0 Å². The Morgan fingerprint density at radius 1 is 1.04 bits per heavy atom. The molecule has 0 amide bonds. The predicted molar refractivity (Wildman–Crippen MR) is 85.4 cm³/mol. The fraction of sp³-hybridized carbons (Fsp3) is 0.0625. The van der Waals surface area contributed by atoms with Crippen LogP contribution in [0.25, 0.3) is 11.3 Å². The number of nitrogens with zero attached hydrogens (tertiary/aromatic N) is 1. The standard InChI is InChI=1S/C16H12F2N2O4S/c17-16-11(2-1-3-14(16)15-8-9-19-20-15)10-23-12-4-6-13(7-5-12)24-25(18,21)22/h1-9H,10H2,(H,19,20). The summed E-state index contributed by atoms with van der Waals surface area (Å²) in [6.07, 6.45) is 1.53. The Hall–Kier alpha value is -2.94. The Morgan fingerprint density at radius 3 is 2.40 bits per heavy atom. The van der Waals surface area contributed by atoms with Gasteiger partial charge in [0.15, 0.2) is 0 Å². The van der Waals surface area contributed by atoms with E-state index >= 15 is 0 Å². The number of halogens is 2. The molecule has 3 aromatic rings. The number of ether oxygens (including phenoxy) is 1. The number of aromatic nitrogens is 2. The lowest BCUT2D eigenvalue weighted by Crippen LogP contribution is -2.02. The summed E-state index contributed by atoms with van der Waals surface area (Å²) < 4.78 is 57.3. The molecule has 0 saturated heterocycles. The van der Waals surface area contributed by atoms with E-state index in [0.29, 0.717) is 22.6 Å². The van der Waals surface area contributed by atoms with Crippen LogP contribution in [-0.2, 0) is 17.1 Å². The number of nitrogens with one attached hydrogen (secondary N) is 1. The highest BCUT2D eigenvalue weighted by molar-refractivity contribution is 7.81. The molecule has 0 bridgehead atoms. The summed E-state index contributed by atoms with van der Waals surface area (Å²) in [7, 11) is -5.08. The Bertz CT molecular complexity index is 958. The fourth-order valence-corrected chi connectivity index (χ4v) is 2.51. The summed E-state index contributed by atoms with van der Waals surface area (Å²) in [4.78, 5) is 0. The van der Waals surface area contributed by atoms with Gasteiger partial charge in [0.2, 0.25) is 0 Å². The molecule has 0 saturated carbocycles. The quantitative estimate of drug-likeness (QED) is 0.677. The first kappa shape index (κ1) is 16.9. The molecule has 0 aliphatic rings. The average Bonchev–Trinajstić information content (AvgIpc) is 3.08. The highest BCUT2D eigenvalue weighted by atomic mass is 32.3. The van der Waals surface area contributed by atoms with Crippen molar-refractivity contribution >= 4 is 10.5 Å². The van der Waals surface area contributed by atoms with Gasteiger partial charge in [-0.1, -0.05) is 16.0 Å². The SMILES string of the molecule is O=S(=O)(F)Oc1ccc(OCc2cccc(-c3ccn[nH]3)c2F)cc1. The van der Waals surface area contributed by atoms with Crippen LogP contribution in [0.15, 0.2) is 54.7 Å². The van der Waals surface area contributed by atoms with Crippen molar-refractivity contribution in [3.8, 4) is 22.8 Å². The zero-order valence-electron chi connectivity index (χ0n) is 12.6. The van der Waals surface area contributed by atoms with Gasteiger partial charge in [-0.05, 0) is 36.4 Å². The van der Waals surface area contributed by atoms with Gasteiger partial charge in [0.25, 0.3) is 0 Å². The smallest absolute Gasteiger partial charge is 0.488 e. The Morgan fingerprint density at radius 2 is 1.76 bits per heavy atom. The van der Waals surface area contributed by atoms with Gasteiger partial charge in [0, 0.05) is 17.3 Å². The first-order chi connectivity index (χ1) is 11.9. The van der Waals surface area contributed by atoms with Gasteiger partial charge in [-0.15, -0.1) is 0 Å². The zero-order valence-corrected chi connectivity index (χ0v) is 13.5. The molecule has 0 spiro atoms. The minimum Gasteiger partial charge on any atom is -0.489 e. The van der Waals surface area contributed by atoms with Crippen molar-refractivity contribution in [1.29, 1.82) is 0 Å². The third-order valence-electron chi connectivity index (χ3n) is 3.28. The second kappa shape index (κ2) is 6.89. The number of hydrogen-bond acceptors (Lipinski definition) is 5. The topological polar surface area (TPSA) is 81.3 Å². The molecule has 6 nitrogen and oxygen atoms in total. The minimum absolute atomic E-state index is 0.0462. The van der Waals surface area contributed by atoms with E-state index < -0.39 is 16.3 Å². The molecule has 0 fully saturated rings. The number of aromatic amines is 1. The van der Waals surface area contributed by atoms with Gasteiger partial charge in [-0.25, -0.2) is 4.39 Å². The third kappa shape index (κ3) is 4.32. The van der Waals surface area contributed by atoms with Crippen LogP contribution in [0.3, 0.4) is 0 Å². The molecule has 0 radical (unpaired) electrons. The molecule has 0 atom stereocenters. The summed E-state index contributed by atoms with van der Waals surface area (Å²) in [5.74, 6) is -0.285. The molecule has 3 rings (SSSR count). The van der Waals surface area contributed by atoms with Crippen molar-refractivity contribution in [3.05, 3.63) is 66.1 Å². The molecular weight excluding hydrogens is 354 g/mol. The molecule has 2 aromatic carbocycles. The van der Waals surface area contributed by atoms with Crippen LogP contribution in [0.2, 0.25) is 0 Å². The van der Waals surface area contributed by atoms with Crippen molar-refractivity contribution < 1.29 is 25.6 Å². The van der Waals surface area contributed by atoms with Gasteiger partial charge in [0.05, 0.1) is 5.69 Å². The summed E-state index contributed by atoms with van der Waals surface area (Å²) in [6, 6.07) is 11.8. The Kier molecular flexibility index (Phi) is 4.66. The van der Waals surface area contributed by atoms with Gasteiger partial charge < -0.3 is 8.92 Å². The molecule has 0 aliphatic heterocycles. The number of rotatable bonds is 6. The van der Waals surface area contributed by atoms with E-state index in [1.165, 1.54) is 30.5 Å². The Labute approximate surface area is 142 Å². The van der Waals surface area contributed by atoms with Crippen LogP contribution in [0.5, 0.6) is 11.5 Å². The average molecular weight is 366 g/mol. The predicted octanol–water partition coefficient (Wildman–Crippen LogP) is 3.39. The molecule has 9 heteroatoms. The van der Waals surface area contributed by atoms with E-state index in [4.69, 9.17) is 4.74 Å². The van der Waals surface area contributed by atoms with Crippen molar-refractivity contribution in [1.82, 2.24) is 10.2 Å². The van der Waals surface area contributed by atoms with Crippen LogP contribution in [0, 0.1) is 5.82 Å². The van der Waals surface area contributed by atoms with Crippen molar-refractivity contribution in [2.24, 2.45) is 0 Å². The largest absolute Gasteiger partial charge is 0.489 e. The molecule has 0 aliphatic carbocycles. The highest BCUT2D eigenvalue weighted by Gasteiger charge is 2.12. The first-order valence-electron chi connectivity index (χ1n) is 7.06. The van der Waals surface area contributed by atoms with Crippen LogP contribution in [-0.4, -0.2) is 18.6 Å². The summed E-state index contributed by atoms with van der Waals surface area (Å²) in [5, 5.41) is 6.49. The summed E-state index contributed by atoms with van der Waals surface area (Å²) >= 11 is 0. The molecular formula is C16H12F2N2O4S. The van der Waals surface area contributed by atoms with Crippen molar-refractivity contribution in [3.63, 3.8) is 0 Å². The third-order valence-corrected chi connectivity index (χ3v) is 3.67. The number of hydrogen-bond donors (Lipinski definition) is 1.